The van der Waals surface area contributed by atoms with Crippen LogP contribution in [-0.4, -0.2) is 37.0 Å². The number of fused-ring (bicyclic) bond motifs is 1. The number of amides is 1. The lowest BCUT2D eigenvalue weighted by atomic mass is 10.0. The second-order valence-corrected chi connectivity index (χ2v) is 8.24. The zero-order valence-corrected chi connectivity index (χ0v) is 16.5. The van der Waals surface area contributed by atoms with Gasteiger partial charge in [0, 0.05) is 43.9 Å². The van der Waals surface area contributed by atoms with Crippen LogP contribution in [0.15, 0.2) is 18.5 Å². The number of hydrogen-bond acceptors (Lipinski definition) is 4. The predicted octanol–water partition coefficient (Wildman–Crippen LogP) is 3.05. The van der Waals surface area contributed by atoms with Crippen LogP contribution >= 0.6 is 0 Å². The molecule has 3 aromatic rings. The van der Waals surface area contributed by atoms with Crippen LogP contribution in [0.1, 0.15) is 71.2 Å². The molecule has 0 saturated heterocycles. The summed E-state index contributed by atoms with van der Waals surface area (Å²) < 4.78 is 3.77. The minimum Gasteiger partial charge on any atom is -0.352 e. The summed E-state index contributed by atoms with van der Waals surface area (Å²) in [7, 11) is 1.94. The van der Waals surface area contributed by atoms with E-state index in [-0.39, 0.29) is 5.91 Å². The Morgan fingerprint density at radius 2 is 2.04 bits per heavy atom. The van der Waals surface area contributed by atoms with Crippen molar-refractivity contribution in [2.24, 2.45) is 7.05 Å². The van der Waals surface area contributed by atoms with Gasteiger partial charge in [-0.2, -0.15) is 10.2 Å². The molecular weight excluding hydrogens is 352 g/mol. The van der Waals surface area contributed by atoms with Crippen LogP contribution in [0.5, 0.6) is 0 Å². The number of nitrogens with zero attached hydrogens (tertiary/aromatic N) is 5. The zero-order chi connectivity index (χ0) is 19.3. The molecule has 1 N–H and O–H groups in total. The molecule has 0 aromatic carbocycles. The first-order chi connectivity index (χ1) is 13.6. The summed E-state index contributed by atoms with van der Waals surface area (Å²) in [5.74, 6) is 0.964. The predicted molar refractivity (Wildman–Crippen MR) is 106 cm³/mol. The Hall–Kier alpha value is -2.70. The van der Waals surface area contributed by atoms with E-state index in [1.165, 1.54) is 0 Å². The summed E-state index contributed by atoms with van der Waals surface area (Å²) >= 11 is 0. The third kappa shape index (κ3) is 3.30. The molecule has 2 saturated carbocycles. The Morgan fingerprint density at radius 1 is 1.25 bits per heavy atom. The van der Waals surface area contributed by atoms with E-state index in [0.717, 1.165) is 72.2 Å². The van der Waals surface area contributed by atoms with Crippen molar-refractivity contribution in [1.82, 2.24) is 29.9 Å². The molecule has 2 aliphatic rings. The maximum absolute atomic E-state index is 13.1. The fourth-order valence-corrected chi connectivity index (χ4v) is 3.83. The van der Waals surface area contributed by atoms with Crippen molar-refractivity contribution in [1.29, 1.82) is 0 Å². The SMILES string of the molecule is Cc1cnn(CCCNC(=O)c2cc(C3CC3)nc3c2c(C2CC2)nn3C)c1. The third-order valence-electron chi connectivity index (χ3n) is 5.66. The van der Waals surface area contributed by atoms with Gasteiger partial charge in [0.05, 0.1) is 22.8 Å². The van der Waals surface area contributed by atoms with Gasteiger partial charge in [0.15, 0.2) is 5.65 Å². The third-order valence-corrected chi connectivity index (χ3v) is 5.66. The molecule has 0 unspecified atom stereocenters. The molecule has 3 aromatic heterocycles. The van der Waals surface area contributed by atoms with Gasteiger partial charge in [0.25, 0.3) is 5.91 Å². The number of pyridine rings is 1. The minimum atomic E-state index is -0.0131. The van der Waals surface area contributed by atoms with E-state index < -0.39 is 0 Å². The van der Waals surface area contributed by atoms with Gasteiger partial charge in [0.1, 0.15) is 0 Å². The van der Waals surface area contributed by atoms with E-state index in [1.54, 1.807) is 0 Å². The first-order valence-electron chi connectivity index (χ1n) is 10.2. The maximum atomic E-state index is 13.1. The van der Waals surface area contributed by atoms with Crippen molar-refractivity contribution in [3.05, 3.63) is 41.0 Å². The number of rotatable bonds is 7. The molecule has 2 aliphatic carbocycles. The molecule has 1 amide bonds. The Bertz CT molecular complexity index is 1040. The molecule has 2 fully saturated rings. The highest BCUT2D eigenvalue weighted by atomic mass is 16.1. The number of nitrogens with one attached hydrogen (secondary N) is 1. The van der Waals surface area contributed by atoms with Gasteiger partial charge in [-0.25, -0.2) is 4.98 Å². The Kier molecular flexibility index (Phi) is 4.18. The lowest BCUT2D eigenvalue weighted by Crippen LogP contribution is -2.26. The summed E-state index contributed by atoms with van der Waals surface area (Å²) in [5.41, 5.74) is 4.83. The van der Waals surface area contributed by atoms with Gasteiger partial charge in [0.2, 0.25) is 0 Å². The van der Waals surface area contributed by atoms with Crippen molar-refractivity contribution in [2.75, 3.05) is 6.54 Å². The Balaban J connectivity index is 1.37. The standard InChI is InChI=1S/C21H26N6O/c1-13-11-23-27(12-13)9-3-8-22-21(28)16-10-17(14-4-5-14)24-20-18(16)19(15-6-7-15)25-26(20)2/h10-12,14-15H,3-9H2,1-2H3,(H,22,28). The number of aryl methyl sites for hydroxylation is 3. The quantitative estimate of drug-likeness (QED) is 0.641. The summed E-state index contributed by atoms with van der Waals surface area (Å²) in [5, 5.41) is 13.1. The molecule has 0 bridgehead atoms. The van der Waals surface area contributed by atoms with Crippen molar-refractivity contribution in [3.8, 4) is 0 Å². The highest BCUT2D eigenvalue weighted by molar-refractivity contribution is 6.06. The van der Waals surface area contributed by atoms with E-state index in [0.29, 0.717) is 18.4 Å². The van der Waals surface area contributed by atoms with Crippen molar-refractivity contribution < 1.29 is 4.79 Å². The zero-order valence-electron chi connectivity index (χ0n) is 16.5. The van der Waals surface area contributed by atoms with Gasteiger partial charge >= 0.3 is 0 Å². The van der Waals surface area contributed by atoms with Crippen molar-refractivity contribution in [2.45, 2.75) is 57.4 Å². The molecule has 0 atom stereocenters. The minimum absolute atomic E-state index is 0.0131. The highest BCUT2D eigenvalue weighted by Crippen LogP contribution is 2.45. The fraction of sp³-hybridized carbons (Fsp3) is 0.524. The van der Waals surface area contributed by atoms with E-state index in [9.17, 15) is 4.79 Å². The topological polar surface area (TPSA) is 77.6 Å². The lowest BCUT2D eigenvalue weighted by molar-refractivity contribution is 0.0954. The fourth-order valence-electron chi connectivity index (χ4n) is 3.83. The maximum Gasteiger partial charge on any atom is 0.252 e. The molecule has 7 nitrogen and oxygen atoms in total. The smallest absolute Gasteiger partial charge is 0.252 e. The molecule has 7 heteroatoms. The number of hydrogen-bond donors (Lipinski definition) is 1. The normalized spacial score (nSPS) is 16.6. The molecule has 146 valence electrons. The largest absolute Gasteiger partial charge is 0.352 e. The molecule has 0 aliphatic heterocycles. The van der Waals surface area contributed by atoms with Crippen molar-refractivity contribution >= 4 is 16.9 Å². The van der Waals surface area contributed by atoms with Crippen molar-refractivity contribution in [3.63, 3.8) is 0 Å². The number of aromatic nitrogens is 5. The first-order valence-corrected chi connectivity index (χ1v) is 10.2. The van der Waals surface area contributed by atoms with Gasteiger partial charge < -0.3 is 5.32 Å². The number of carbonyl (C=O) groups excluding carboxylic acids is 1. The number of carbonyl (C=O) groups is 1. The van der Waals surface area contributed by atoms with E-state index in [1.807, 2.05) is 41.8 Å². The van der Waals surface area contributed by atoms with Crippen LogP contribution in [0.4, 0.5) is 0 Å². The lowest BCUT2D eigenvalue weighted by Gasteiger charge is -2.09. The molecule has 0 spiro atoms. The monoisotopic (exact) mass is 378 g/mol. The van der Waals surface area contributed by atoms with Crippen LogP contribution < -0.4 is 5.32 Å². The average molecular weight is 378 g/mol. The van der Waals surface area contributed by atoms with Crippen LogP contribution in [0.2, 0.25) is 0 Å². The van der Waals surface area contributed by atoms with Gasteiger partial charge in [-0.15, -0.1) is 0 Å². The van der Waals surface area contributed by atoms with Gasteiger partial charge in [-0.3, -0.25) is 14.2 Å². The average Bonchev–Trinajstić information content (AvgIpc) is 3.61. The summed E-state index contributed by atoms with van der Waals surface area (Å²) in [6.45, 7) is 3.45. The first kappa shape index (κ1) is 17.4. The van der Waals surface area contributed by atoms with Gasteiger partial charge in [-0.05, 0) is 50.7 Å². The molecule has 5 rings (SSSR count). The highest BCUT2D eigenvalue weighted by Gasteiger charge is 2.33. The second-order valence-electron chi connectivity index (χ2n) is 8.24. The van der Waals surface area contributed by atoms with Crippen LogP contribution in [0, 0.1) is 6.92 Å². The molecule has 0 radical (unpaired) electrons. The molecule has 3 heterocycles. The van der Waals surface area contributed by atoms with E-state index in [4.69, 9.17) is 10.1 Å². The van der Waals surface area contributed by atoms with E-state index >= 15 is 0 Å². The Labute approximate surface area is 164 Å². The summed E-state index contributed by atoms with van der Waals surface area (Å²) in [6, 6.07) is 2.01. The summed E-state index contributed by atoms with van der Waals surface area (Å²) in [4.78, 5) is 17.9. The molecule has 28 heavy (non-hydrogen) atoms. The second kappa shape index (κ2) is 6.72. The van der Waals surface area contributed by atoms with Crippen LogP contribution in [-0.2, 0) is 13.6 Å². The molecular formula is C21H26N6O. The van der Waals surface area contributed by atoms with Gasteiger partial charge in [-0.1, -0.05) is 0 Å². The Morgan fingerprint density at radius 3 is 2.71 bits per heavy atom. The van der Waals surface area contributed by atoms with Crippen LogP contribution in [0.3, 0.4) is 0 Å². The van der Waals surface area contributed by atoms with E-state index in [2.05, 4.69) is 10.4 Å². The summed E-state index contributed by atoms with van der Waals surface area (Å²) in [6.07, 6.45) is 9.36. The van der Waals surface area contributed by atoms with Crippen LogP contribution in [0.25, 0.3) is 11.0 Å².